The van der Waals surface area contributed by atoms with Crippen LogP contribution in [0.1, 0.15) is 17.3 Å². The first-order chi connectivity index (χ1) is 7.02. The molecule has 5 N–H and O–H groups in total. The Morgan fingerprint density at radius 1 is 1.60 bits per heavy atom. The van der Waals surface area contributed by atoms with E-state index in [1.165, 1.54) is 0 Å². The summed E-state index contributed by atoms with van der Waals surface area (Å²) in [6, 6.07) is 4.80. The van der Waals surface area contributed by atoms with Crippen LogP contribution in [0, 0.1) is 0 Å². The highest BCUT2D eigenvalue weighted by Crippen LogP contribution is 2.23. The van der Waals surface area contributed by atoms with Crippen LogP contribution >= 0.6 is 0 Å². The minimum Gasteiger partial charge on any atom is -0.490 e. The summed E-state index contributed by atoms with van der Waals surface area (Å²) < 4.78 is 5.21. The van der Waals surface area contributed by atoms with E-state index in [-0.39, 0.29) is 17.9 Å². The van der Waals surface area contributed by atoms with Crippen molar-refractivity contribution in [3.8, 4) is 5.75 Å². The van der Waals surface area contributed by atoms with Gasteiger partial charge >= 0.3 is 0 Å². The van der Waals surface area contributed by atoms with Gasteiger partial charge in [0.1, 0.15) is 17.9 Å². The molecular weight excluding hydrogens is 196 g/mol. The minimum atomic E-state index is -0.645. The molecule has 0 heterocycles. The van der Waals surface area contributed by atoms with Crippen LogP contribution in [-0.4, -0.2) is 23.7 Å². The molecule has 15 heavy (non-hydrogen) atoms. The topological polar surface area (TPSA) is 98.6 Å². The molecule has 0 aliphatic carbocycles. The van der Waals surface area contributed by atoms with Crippen molar-refractivity contribution in [1.29, 1.82) is 0 Å². The Morgan fingerprint density at radius 3 is 2.80 bits per heavy atom. The van der Waals surface area contributed by atoms with Gasteiger partial charge in [-0.2, -0.15) is 0 Å². The Hall–Kier alpha value is -1.75. The van der Waals surface area contributed by atoms with Crippen molar-refractivity contribution >= 4 is 11.6 Å². The lowest BCUT2D eigenvalue weighted by Gasteiger charge is -2.12. The summed E-state index contributed by atoms with van der Waals surface area (Å²) in [4.78, 5) is 11.1. The molecule has 1 rings (SSSR count). The van der Waals surface area contributed by atoms with Crippen LogP contribution in [0.5, 0.6) is 5.75 Å². The highest BCUT2D eigenvalue weighted by molar-refractivity contribution is 6.00. The Bertz CT molecular complexity index is 364. The van der Waals surface area contributed by atoms with E-state index in [0.717, 1.165) is 0 Å². The number of anilines is 1. The van der Waals surface area contributed by atoms with Crippen LogP contribution in [-0.2, 0) is 0 Å². The van der Waals surface area contributed by atoms with Crippen molar-refractivity contribution in [2.45, 2.75) is 13.0 Å². The first-order valence-electron chi connectivity index (χ1n) is 4.51. The van der Waals surface area contributed by atoms with Gasteiger partial charge in [-0.25, -0.2) is 0 Å². The van der Waals surface area contributed by atoms with Gasteiger partial charge in [-0.05, 0) is 19.1 Å². The fraction of sp³-hybridized carbons (Fsp3) is 0.300. The molecule has 0 saturated carbocycles. The third-order valence-corrected chi connectivity index (χ3v) is 1.78. The monoisotopic (exact) mass is 210 g/mol. The maximum Gasteiger partial charge on any atom is 0.254 e. The predicted molar refractivity (Wildman–Crippen MR) is 56.5 cm³/mol. The summed E-state index contributed by atoms with van der Waals surface area (Å²) in [6.07, 6.45) is -0.618. The fourth-order valence-corrected chi connectivity index (χ4v) is 1.14. The molecule has 0 radical (unpaired) electrons. The van der Waals surface area contributed by atoms with Crippen LogP contribution in [0.3, 0.4) is 0 Å². The highest BCUT2D eigenvalue weighted by Gasteiger charge is 2.13. The van der Waals surface area contributed by atoms with E-state index in [0.29, 0.717) is 5.75 Å². The van der Waals surface area contributed by atoms with Crippen molar-refractivity contribution in [3.63, 3.8) is 0 Å². The molecule has 82 valence electrons. The molecular formula is C10H14N2O3. The molecule has 0 aromatic heterocycles. The van der Waals surface area contributed by atoms with Gasteiger partial charge in [0.05, 0.1) is 6.10 Å². The van der Waals surface area contributed by atoms with Crippen molar-refractivity contribution < 1.29 is 14.6 Å². The molecule has 1 atom stereocenters. The predicted octanol–water partition coefficient (Wildman–Crippen LogP) is 0.127. The molecule has 5 heteroatoms. The van der Waals surface area contributed by atoms with Gasteiger partial charge in [-0.15, -0.1) is 0 Å². The number of primary amides is 1. The minimum absolute atomic E-state index is 0.0870. The Morgan fingerprint density at radius 2 is 2.27 bits per heavy atom. The third-order valence-electron chi connectivity index (χ3n) is 1.78. The number of aliphatic hydroxyl groups excluding tert-OH is 1. The summed E-state index contributed by atoms with van der Waals surface area (Å²) >= 11 is 0. The lowest BCUT2D eigenvalue weighted by atomic mass is 10.1. The van der Waals surface area contributed by atoms with E-state index >= 15 is 0 Å². The van der Waals surface area contributed by atoms with Crippen LogP contribution in [0.25, 0.3) is 0 Å². The van der Waals surface area contributed by atoms with Crippen LogP contribution in [0.15, 0.2) is 18.2 Å². The second-order valence-electron chi connectivity index (χ2n) is 3.24. The Labute approximate surface area is 87.6 Å². The Kier molecular flexibility index (Phi) is 3.51. The number of aliphatic hydroxyl groups is 1. The second kappa shape index (κ2) is 4.65. The summed E-state index contributed by atoms with van der Waals surface area (Å²) in [7, 11) is 0. The van der Waals surface area contributed by atoms with Crippen molar-refractivity contribution in [2.24, 2.45) is 5.73 Å². The van der Waals surface area contributed by atoms with Crippen molar-refractivity contribution in [1.82, 2.24) is 0 Å². The van der Waals surface area contributed by atoms with E-state index < -0.39 is 12.0 Å². The number of amides is 1. The molecule has 1 unspecified atom stereocenters. The first-order valence-corrected chi connectivity index (χ1v) is 4.51. The van der Waals surface area contributed by atoms with E-state index in [9.17, 15) is 4.79 Å². The summed E-state index contributed by atoms with van der Waals surface area (Å²) in [6.45, 7) is 1.67. The standard InChI is InChI=1S/C10H14N2O3/c1-6(13)5-15-8-4-2-3-7(11)9(8)10(12)14/h2-4,6,13H,5,11H2,1H3,(H2,12,14). The lowest BCUT2D eigenvalue weighted by molar-refractivity contribution is 0.0984. The van der Waals surface area contributed by atoms with Gasteiger partial charge in [-0.1, -0.05) is 6.07 Å². The normalized spacial score (nSPS) is 12.1. The molecule has 1 aromatic rings. The maximum atomic E-state index is 11.1. The van der Waals surface area contributed by atoms with E-state index in [4.69, 9.17) is 21.3 Å². The lowest BCUT2D eigenvalue weighted by Crippen LogP contribution is -2.18. The number of carbonyl (C=O) groups excluding carboxylic acids is 1. The van der Waals surface area contributed by atoms with Crippen LogP contribution < -0.4 is 16.2 Å². The first kappa shape index (κ1) is 11.3. The number of hydrogen-bond acceptors (Lipinski definition) is 4. The number of hydrogen-bond donors (Lipinski definition) is 3. The number of rotatable bonds is 4. The molecule has 5 nitrogen and oxygen atoms in total. The van der Waals surface area contributed by atoms with E-state index in [2.05, 4.69) is 0 Å². The number of carbonyl (C=O) groups is 1. The molecule has 0 aliphatic heterocycles. The quantitative estimate of drug-likeness (QED) is 0.615. The SMILES string of the molecule is CC(O)COc1cccc(N)c1C(N)=O. The summed E-state index contributed by atoms with van der Waals surface area (Å²) in [5, 5.41) is 9.04. The molecule has 0 aliphatic rings. The van der Waals surface area contributed by atoms with Gasteiger partial charge in [0, 0.05) is 5.69 Å². The number of nitrogens with two attached hydrogens (primary N) is 2. The molecule has 1 aromatic carbocycles. The van der Waals surface area contributed by atoms with Crippen molar-refractivity contribution in [2.75, 3.05) is 12.3 Å². The molecule has 0 bridgehead atoms. The smallest absolute Gasteiger partial charge is 0.254 e. The third kappa shape index (κ3) is 2.85. The molecule has 0 saturated heterocycles. The maximum absolute atomic E-state index is 11.1. The summed E-state index contributed by atoms with van der Waals surface area (Å²) in [5.74, 6) is -0.350. The Balaban J connectivity index is 2.96. The van der Waals surface area contributed by atoms with Gasteiger partial charge in [-0.3, -0.25) is 4.79 Å². The van der Waals surface area contributed by atoms with Gasteiger partial charge in [0.15, 0.2) is 0 Å². The van der Waals surface area contributed by atoms with Gasteiger partial charge in [0.2, 0.25) is 0 Å². The zero-order chi connectivity index (χ0) is 11.4. The molecule has 1 amide bonds. The number of nitrogen functional groups attached to an aromatic ring is 1. The molecule has 0 spiro atoms. The zero-order valence-corrected chi connectivity index (χ0v) is 8.43. The highest BCUT2D eigenvalue weighted by atomic mass is 16.5. The van der Waals surface area contributed by atoms with Crippen LogP contribution in [0.4, 0.5) is 5.69 Å². The van der Waals surface area contributed by atoms with E-state index in [1.54, 1.807) is 25.1 Å². The van der Waals surface area contributed by atoms with Gasteiger partial charge in [0.25, 0.3) is 5.91 Å². The van der Waals surface area contributed by atoms with Crippen LogP contribution in [0.2, 0.25) is 0 Å². The zero-order valence-electron chi connectivity index (χ0n) is 8.43. The largest absolute Gasteiger partial charge is 0.490 e. The second-order valence-corrected chi connectivity index (χ2v) is 3.24. The number of benzene rings is 1. The average molecular weight is 210 g/mol. The van der Waals surface area contributed by atoms with Gasteiger partial charge < -0.3 is 21.3 Å². The number of ether oxygens (including phenoxy) is 1. The van der Waals surface area contributed by atoms with E-state index in [1.807, 2.05) is 0 Å². The fourth-order valence-electron chi connectivity index (χ4n) is 1.14. The molecule has 0 fully saturated rings. The summed E-state index contributed by atoms with van der Waals surface area (Å²) in [5.41, 5.74) is 11.2. The average Bonchev–Trinajstić information content (AvgIpc) is 2.13. The van der Waals surface area contributed by atoms with Crippen molar-refractivity contribution in [3.05, 3.63) is 23.8 Å².